The molecule has 3 aromatic rings. The van der Waals surface area contributed by atoms with Crippen LogP contribution in [0.15, 0.2) is 48.5 Å². The monoisotopic (exact) mass is 452 g/mol. The van der Waals surface area contributed by atoms with Crippen LogP contribution in [0.5, 0.6) is 0 Å². The highest BCUT2D eigenvalue weighted by molar-refractivity contribution is 5.79. The standard InChI is InChI=1S/C26H26F2N2O3/c27-19-8-4-16(5-9-19)24-25(17-6-10-20(28)11-7-17)30(26(29-24)18-2-1-3-18)13-12-22-14-21(31)15-23(32)33-22/h4-11,18,21-22,31H,1-3,12-15H2. The fraction of sp³-hybridized carbons (Fsp3) is 0.385. The first-order valence-corrected chi connectivity index (χ1v) is 11.5. The lowest BCUT2D eigenvalue weighted by molar-refractivity contribution is -0.160. The third-order valence-electron chi connectivity index (χ3n) is 6.61. The smallest absolute Gasteiger partial charge is 0.308 e. The van der Waals surface area contributed by atoms with Crippen molar-refractivity contribution in [2.75, 3.05) is 0 Å². The maximum absolute atomic E-state index is 13.7. The highest BCUT2D eigenvalue weighted by atomic mass is 19.1. The summed E-state index contributed by atoms with van der Waals surface area (Å²) in [6.07, 6.45) is 3.15. The number of cyclic esters (lactones) is 1. The third kappa shape index (κ3) is 4.55. The van der Waals surface area contributed by atoms with E-state index >= 15 is 0 Å². The Hall–Kier alpha value is -3.06. The fourth-order valence-electron chi connectivity index (χ4n) is 4.70. The first-order chi connectivity index (χ1) is 16.0. The Morgan fingerprint density at radius 1 is 1.00 bits per heavy atom. The average Bonchev–Trinajstić information content (AvgIpc) is 3.10. The first-order valence-electron chi connectivity index (χ1n) is 11.5. The molecule has 1 saturated heterocycles. The van der Waals surface area contributed by atoms with Gasteiger partial charge in [0.05, 0.1) is 23.9 Å². The van der Waals surface area contributed by atoms with Gasteiger partial charge in [-0.1, -0.05) is 6.42 Å². The number of ether oxygens (including phenoxy) is 1. The van der Waals surface area contributed by atoms with E-state index in [-0.39, 0.29) is 30.1 Å². The second-order valence-corrected chi connectivity index (χ2v) is 8.95. The molecule has 5 nitrogen and oxygen atoms in total. The van der Waals surface area contributed by atoms with Gasteiger partial charge in [-0.25, -0.2) is 13.8 Å². The predicted molar refractivity (Wildman–Crippen MR) is 119 cm³/mol. The minimum atomic E-state index is -0.684. The molecule has 172 valence electrons. The zero-order valence-corrected chi connectivity index (χ0v) is 18.2. The van der Waals surface area contributed by atoms with Crippen LogP contribution in [-0.2, 0) is 16.1 Å². The number of nitrogens with zero attached hydrogens (tertiary/aromatic N) is 2. The molecule has 1 aliphatic carbocycles. The molecule has 2 aromatic carbocycles. The Balaban J connectivity index is 1.58. The minimum absolute atomic E-state index is 0.0322. The Morgan fingerprint density at radius 3 is 2.21 bits per heavy atom. The van der Waals surface area contributed by atoms with E-state index in [1.165, 1.54) is 24.3 Å². The quantitative estimate of drug-likeness (QED) is 0.521. The lowest BCUT2D eigenvalue weighted by atomic mass is 9.84. The highest BCUT2D eigenvalue weighted by Crippen LogP contribution is 2.41. The van der Waals surface area contributed by atoms with E-state index in [1.807, 2.05) is 0 Å². The Labute approximate surface area is 191 Å². The molecule has 33 heavy (non-hydrogen) atoms. The number of benzene rings is 2. The van der Waals surface area contributed by atoms with Crippen molar-refractivity contribution in [2.24, 2.45) is 0 Å². The van der Waals surface area contributed by atoms with Crippen molar-refractivity contribution >= 4 is 5.97 Å². The Bertz CT molecular complexity index is 1140. The van der Waals surface area contributed by atoms with Gasteiger partial charge in [-0.2, -0.15) is 0 Å². The number of hydrogen-bond donors (Lipinski definition) is 1. The summed E-state index contributed by atoms with van der Waals surface area (Å²) in [6, 6.07) is 12.5. The molecule has 1 N–H and O–H groups in total. The van der Waals surface area contributed by atoms with Crippen molar-refractivity contribution in [3.63, 3.8) is 0 Å². The van der Waals surface area contributed by atoms with Gasteiger partial charge in [0.1, 0.15) is 23.6 Å². The van der Waals surface area contributed by atoms with E-state index in [0.29, 0.717) is 25.3 Å². The van der Waals surface area contributed by atoms with Crippen LogP contribution >= 0.6 is 0 Å². The predicted octanol–water partition coefficient (Wildman–Crippen LogP) is 5.22. The molecule has 0 amide bonds. The van der Waals surface area contributed by atoms with Gasteiger partial charge in [0.2, 0.25) is 0 Å². The van der Waals surface area contributed by atoms with Crippen molar-refractivity contribution in [3.8, 4) is 22.5 Å². The van der Waals surface area contributed by atoms with Gasteiger partial charge >= 0.3 is 5.97 Å². The summed E-state index contributed by atoms with van der Waals surface area (Å²) in [5.74, 6) is 0.240. The van der Waals surface area contributed by atoms with Crippen LogP contribution in [0.2, 0.25) is 0 Å². The molecule has 0 radical (unpaired) electrons. The number of carbonyl (C=O) groups excluding carboxylic acids is 1. The Kier molecular flexibility index (Phi) is 5.98. The number of imidazole rings is 1. The van der Waals surface area contributed by atoms with Crippen molar-refractivity contribution in [3.05, 3.63) is 66.0 Å². The van der Waals surface area contributed by atoms with Crippen LogP contribution in [0.3, 0.4) is 0 Å². The molecule has 0 bridgehead atoms. The van der Waals surface area contributed by atoms with E-state index in [0.717, 1.165) is 47.6 Å². The maximum atomic E-state index is 13.7. The second kappa shape index (κ2) is 9.06. The van der Waals surface area contributed by atoms with Crippen molar-refractivity contribution in [1.82, 2.24) is 9.55 Å². The first kappa shape index (κ1) is 21.8. The number of aromatic nitrogens is 2. The van der Waals surface area contributed by atoms with Crippen molar-refractivity contribution < 1.29 is 23.4 Å². The lowest BCUT2D eigenvalue weighted by Gasteiger charge is -2.28. The van der Waals surface area contributed by atoms with E-state index < -0.39 is 6.10 Å². The minimum Gasteiger partial charge on any atom is -0.462 e. The number of aliphatic hydroxyl groups excluding tert-OH is 1. The zero-order chi connectivity index (χ0) is 22.9. The summed E-state index contributed by atoms with van der Waals surface area (Å²) in [7, 11) is 0. The molecule has 2 aliphatic rings. The zero-order valence-electron chi connectivity index (χ0n) is 18.2. The number of hydrogen-bond acceptors (Lipinski definition) is 4. The van der Waals surface area contributed by atoms with Gasteiger partial charge in [0.15, 0.2) is 0 Å². The molecular formula is C26H26F2N2O3. The third-order valence-corrected chi connectivity index (χ3v) is 6.61. The average molecular weight is 453 g/mol. The van der Waals surface area contributed by atoms with Crippen molar-refractivity contribution in [1.29, 1.82) is 0 Å². The number of aliphatic hydroxyl groups is 1. The number of esters is 1. The van der Waals surface area contributed by atoms with Crippen LogP contribution in [0, 0.1) is 11.6 Å². The molecule has 1 aromatic heterocycles. The SMILES string of the molecule is O=C1CC(O)CC(CCn2c(C3CCC3)nc(-c3ccc(F)cc3)c2-c2ccc(F)cc2)O1. The maximum Gasteiger partial charge on any atom is 0.308 e. The van der Waals surface area contributed by atoms with Gasteiger partial charge in [-0.15, -0.1) is 0 Å². The van der Waals surface area contributed by atoms with E-state index in [9.17, 15) is 18.7 Å². The lowest BCUT2D eigenvalue weighted by Crippen LogP contribution is -2.33. The molecule has 2 heterocycles. The van der Waals surface area contributed by atoms with Crippen molar-refractivity contribution in [2.45, 2.75) is 63.2 Å². The molecule has 1 aliphatic heterocycles. The van der Waals surface area contributed by atoms with E-state index in [1.54, 1.807) is 24.3 Å². The van der Waals surface area contributed by atoms with Gasteiger partial charge in [-0.05, 0) is 61.4 Å². The molecule has 2 unspecified atom stereocenters. The highest BCUT2D eigenvalue weighted by Gasteiger charge is 2.31. The van der Waals surface area contributed by atoms with Gasteiger partial charge in [0.25, 0.3) is 0 Å². The summed E-state index contributed by atoms with van der Waals surface area (Å²) in [6.45, 7) is 0.539. The molecule has 1 saturated carbocycles. The Morgan fingerprint density at radius 2 is 1.64 bits per heavy atom. The van der Waals surface area contributed by atoms with E-state index in [2.05, 4.69) is 4.57 Å². The summed E-state index contributed by atoms with van der Waals surface area (Å²) < 4.78 is 34.9. The molecule has 5 rings (SSSR count). The van der Waals surface area contributed by atoms with Crippen LogP contribution < -0.4 is 0 Å². The van der Waals surface area contributed by atoms with E-state index in [4.69, 9.17) is 9.72 Å². The number of carbonyl (C=O) groups is 1. The number of halogens is 2. The van der Waals surface area contributed by atoms with Crippen LogP contribution in [0.4, 0.5) is 8.78 Å². The fourth-order valence-corrected chi connectivity index (χ4v) is 4.70. The molecule has 2 fully saturated rings. The second-order valence-electron chi connectivity index (χ2n) is 8.95. The molecule has 2 atom stereocenters. The summed E-state index contributed by atoms with van der Waals surface area (Å²) >= 11 is 0. The molecule has 0 spiro atoms. The normalized spacial score (nSPS) is 21.0. The molecule has 7 heteroatoms. The van der Waals surface area contributed by atoms with Crippen LogP contribution in [-0.4, -0.2) is 32.8 Å². The van der Waals surface area contributed by atoms with Gasteiger partial charge in [-0.3, -0.25) is 4.79 Å². The largest absolute Gasteiger partial charge is 0.462 e. The van der Waals surface area contributed by atoms with Crippen LogP contribution in [0.25, 0.3) is 22.5 Å². The van der Waals surface area contributed by atoms with Crippen LogP contribution in [0.1, 0.15) is 50.3 Å². The summed E-state index contributed by atoms with van der Waals surface area (Å²) in [5, 5.41) is 9.98. The van der Waals surface area contributed by atoms with Gasteiger partial charge in [0, 0.05) is 36.4 Å². The topological polar surface area (TPSA) is 64.3 Å². The van der Waals surface area contributed by atoms with Gasteiger partial charge < -0.3 is 14.4 Å². The molecular weight excluding hydrogens is 426 g/mol. The number of rotatable bonds is 6. The summed E-state index contributed by atoms with van der Waals surface area (Å²) in [5.41, 5.74) is 3.17. The summed E-state index contributed by atoms with van der Waals surface area (Å²) in [4.78, 5) is 16.8.